The van der Waals surface area contributed by atoms with Crippen molar-refractivity contribution in [3.8, 4) is 0 Å². The molecule has 1 aromatic rings. The van der Waals surface area contributed by atoms with Gasteiger partial charge in [-0.15, -0.1) is 0 Å². The van der Waals surface area contributed by atoms with E-state index in [0.717, 1.165) is 5.56 Å². The quantitative estimate of drug-likeness (QED) is 0.707. The van der Waals surface area contributed by atoms with E-state index >= 15 is 0 Å². The maximum Gasteiger partial charge on any atom is 0.250 e. The molecule has 66 valence electrons. The highest BCUT2D eigenvalue weighted by atomic mass is 31.2. The van der Waals surface area contributed by atoms with Crippen LogP contribution in [0.25, 0.3) is 0 Å². The minimum absolute atomic E-state index is 0.146. The molecule has 12 heavy (non-hydrogen) atoms. The van der Waals surface area contributed by atoms with Crippen molar-refractivity contribution < 1.29 is 9.42 Å². The second kappa shape index (κ2) is 4.53. The Labute approximate surface area is 73.1 Å². The van der Waals surface area contributed by atoms with Crippen LogP contribution < -0.4 is 5.50 Å². The SMILES string of the molecule is CC(OP(N)O)c1ccccc1. The Hall–Kier alpha value is -0.470. The molecular formula is C8H12NO2P. The van der Waals surface area contributed by atoms with Gasteiger partial charge in [0.1, 0.15) is 0 Å². The molecule has 3 N–H and O–H groups in total. The number of hydrogen-bond donors (Lipinski definition) is 2. The zero-order valence-corrected chi connectivity index (χ0v) is 7.74. The van der Waals surface area contributed by atoms with Gasteiger partial charge in [-0.2, -0.15) is 0 Å². The Morgan fingerprint density at radius 1 is 1.42 bits per heavy atom. The summed E-state index contributed by atoms with van der Waals surface area (Å²) in [6.45, 7) is 1.85. The molecule has 0 aliphatic carbocycles. The van der Waals surface area contributed by atoms with E-state index in [1.807, 2.05) is 37.3 Å². The summed E-state index contributed by atoms with van der Waals surface area (Å²) in [6, 6.07) is 9.64. The van der Waals surface area contributed by atoms with Gasteiger partial charge in [0, 0.05) is 0 Å². The van der Waals surface area contributed by atoms with E-state index in [1.165, 1.54) is 0 Å². The molecule has 0 amide bonds. The van der Waals surface area contributed by atoms with Crippen molar-refractivity contribution in [2.24, 2.45) is 5.50 Å². The van der Waals surface area contributed by atoms with E-state index in [4.69, 9.17) is 14.9 Å². The molecule has 0 heterocycles. The van der Waals surface area contributed by atoms with Gasteiger partial charge in [-0.05, 0) is 12.5 Å². The lowest BCUT2D eigenvalue weighted by molar-refractivity contribution is 0.226. The average molecular weight is 185 g/mol. The number of rotatable bonds is 3. The minimum Gasteiger partial charge on any atom is -0.338 e. The van der Waals surface area contributed by atoms with Crippen LogP contribution in [0.15, 0.2) is 30.3 Å². The highest BCUT2D eigenvalue weighted by Crippen LogP contribution is 2.30. The van der Waals surface area contributed by atoms with Crippen molar-refractivity contribution in [1.29, 1.82) is 0 Å². The molecule has 0 aromatic heterocycles. The highest BCUT2D eigenvalue weighted by Gasteiger charge is 2.08. The van der Waals surface area contributed by atoms with Crippen LogP contribution >= 0.6 is 8.53 Å². The van der Waals surface area contributed by atoms with Crippen LogP contribution in [0.1, 0.15) is 18.6 Å². The maximum absolute atomic E-state index is 8.80. The van der Waals surface area contributed by atoms with Crippen LogP contribution in [-0.4, -0.2) is 4.89 Å². The summed E-state index contributed by atoms with van der Waals surface area (Å²) in [5.41, 5.74) is 6.15. The Balaban J connectivity index is 2.59. The van der Waals surface area contributed by atoms with Gasteiger partial charge in [-0.3, -0.25) is 5.50 Å². The lowest BCUT2D eigenvalue weighted by atomic mass is 10.1. The molecule has 0 spiro atoms. The number of hydrogen-bond acceptors (Lipinski definition) is 3. The monoisotopic (exact) mass is 185 g/mol. The van der Waals surface area contributed by atoms with E-state index in [1.54, 1.807) is 0 Å². The first-order chi connectivity index (χ1) is 5.70. The molecule has 0 fully saturated rings. The van der Waals surface area contributed by atoms with Crippen molar-refractivity contribution >= 4 is 8.53 Å². The molecule has 1 aromatic carbocycles. The summed E-state index contributed by atoms with van der Waals surface area (Å²) in [7, 11) is -1.76. The lowest BCUT2D eigenvalue weighted by Gasteiger charge is -2.13. The summed E-state index contributed by atoms with van der Waals surface area (Å²) < 4.78 is 5.03. The smallest absolute Gasteiger partial charge is 0.250 e. The third-order valence-corrected chi connectivity index (χ3v) is 2.07. The molecule has 1 rings (SSSR count). The van der Waals surface area contributed by atoms with Crippen LogP contribution in [0.4, 0.5) is 0 Å². The predicted molar refractivity (Wildman–Crippen MR) is 49.3 cm³/mol. The molecular weight excluding hydrogens is 173 g/mol. The number of nitrogens with two attached hydrogens (primary N) is 1. The largest absolute Gasteiger partial charge is 0.338 e. The Bertz CT molecular complexity index is 228. The van der Waals surface area contributed by atoms with Crippen LogP contribution in [0.2, 0.25) is 0 Å². The van der Waals surface area contributed by atoms with Crippen molar-refractivity contribution in [3.05, 3.63) is 35.9 Å². The van der Waals surface area contributed by atoms with E-state index in [-0.39, 0.29) is 6.10 Å². The van der Waals surface area contributed by atoms with E-state index in [2.05, 4.69) is 0 Å². The Kier molecular flexibility index (Phi) is 3.63. The van der Waals surface area contributed by atoms with Crippen LogP contribution in [0, 0.1) is 0 Å². The van der Waals surface area contributed by atoms with Crippen LogP contribution in [0.3, 0.4) is 0 Å². The topological polar surface area (TPSA) is 55.5 Å². The van der Waals surface area contributed by atoms with Crippen molar-refractivity contribution in [3.63, 3.8) is 0 Å². The predicted octanol–water partition coefficient (Wildman–Crippen LogP) is 1.94. The first-order valence-electron chi connectivity index (χ1n) is 3.65. The van der Waals surface area contributed by atoms with Gasteiger partial charge in [-0.25, -0.2) is 0 Å². The fourth-order valence-electron chi connectivity index (χ4n) is 0.947. The molecule has 0 radical (unpaired) electrons. The molecule has 4 heteroatoms. The molecule has 0 bridgehead atoms. The zero-order chi connectivity index (χ0) is 8.97. The van der Waals surface area contributed by atoms with Gasteiger partial charge in [0.05, 0.1) is 6.10 Å². The molecule has 2 atom stereocenters. The number of benzene rings is 1. The third kappa shape index (κ3) is 2.88. The summed E-state index contributed by atoms with van der Waals surface area (Å²) in [5, 5.41) is 0. The van der Waals surface area contributed by atoms with Crippen LogP contribution in [0.5, 0.6) is 0 Å². The Morgan fingerprint density at radius 3 is 2.50 bits per heavy atom. The highest BCUT2D eigenvalue weighted by molar-refractivity contribution is 7.43. The van der Waals surface area contributed by atoms with Crippen molar-refractivity contribution in [1.82, 2.24) is 0 Å². The first kappa shape index (κ1) is 9.62. The summed E-state index contributed by atoms with van der Waals surface area (Å²) >= 11 is 0. The van der Waals surface area contributed by atoms with Gasteiger partial charge in [-0.1, -0.05) is 30.3 Å². The normalized spacial score (nSPS) is 15.6. The minimum atomic E-state index is -1.76. The van der Waals surface area contributed by atoms with Gasteiger partial charge in [0.25, 0.3) is 8.53 Å². The fourth-order valence-corrected chi connectivity index (χ4v) is 1.39. The van der Waals surface area contributed by atoms with Gasteiger partial charge < -0.3 is 9.42 Å². The lowest BCUT2D eigenvalue weighted by Crippen LogP contribution is -1.99. The molecule has 0 aliphatic heterocycles. The van der Waals surface area contributed by atoms with Gasteiger partial charge in [0.2, 0.25) is 0 Å². The van der Waals surface area contributed by atoms with E-state index in [0.29, 0.717) is 0 Å². The standard InChI is InChI=1S/C8H12NO2P/c1-7(11-12(9)10)8-5-3-2-4-6-8/h2-7,10H,9H2,1H3. The van der Waals surface area contributed by atoms with E-state index < -0.39 is 8.53 Å². The van der Waals surface area contributed by atoms with Gasteiger partial charge in [0.15, 0.2) is 0 Å². The molecule has 0 saturated carbocycles. The van der Waals surface area contributed by atoms with Crippen molar-refractivity contribution in [2.75, 3.05) is 0 Å². The maximum atomic E-state index is 8.80. The molecule has 0 aliphatic rings. The second-order valence-electron chi connectivity index (χ2n) is 2.46. The zero-order valence-electron chi connectivity index (χ0n) is 6.84. The average Bonchev–Trinajstić information content (AvgIpc) is 2.05. The van der Waals surface area contributed by atoms with E-state index in [9.17, 15) is 0 Å². The Morgan fingerprint density at radius 2 is 2.00 bits per heavy atom. The summed E-state index contributed by atoms with van der Waals surface area (Å²) in [4.78, 5) is 8.80. The molecule has 2 unspecified atom stereocenters. The second-order valence-corrected chi connectivity index (χ2v) is 3.28. The summed E-state index contributed by atoms with van der Waals surface area (Å²) in [5.74, 6) is 0. The summed E-state index contributed by atoms with van der Waals surface area (Å²) in [6.07, 6.45) is -0.146. The van der Waals surface area contributed by atoms with Gasteiger partial charge >= 0.3 is 0 Å². The van der Waals surface area contributed by atoms with Crippen molar-refractivity contribution in [2.45, 2.75) is 13.0 Å². The first-order valence-corrected chi connectivity index (χ1v) is 4.93. The molecule has 3 nitrogen and oxygen atoms in total. The fraction of sp³-hybridized carbons (Fsp3) is 0.250. The molecule has 0 saturated heterocycles. The third-order valence-electron chi connectivity index (χ3n) is 1.54. The van der Waals surface area contributed by atoms with Crippen LogP contribution in [-0.2, 0) is 4.52 Å².